The van der Waals surface area contributed by atoms with Gasteiger partial charge in [-0.15, -0.1) is 0 Å². The summed E-state index contributed by atoms with van der Waals surface area (Å²) in [5.41, 5.74) is 3.44. The summed E-state index contributed by atoms with van der Waals surface area (Å²) in [5.74, 6) is 0. The van der Waals surface area contributed by atoms with Crippen molar-refractivity contribution in [1.82, 2.24) is 24.4 Å². The fraction of sp³-hybridized carbons (Fsp3) is 0.375. The number of aromatic amines is 1. The Morgan fingerprint density at radius 2 is 2.10 bits per heavy atom. The number of hydrogen-bond acceptors (Lipinski definition) is 4. The maximum Gasteiger partial charge on any atom is 0.410 e. The Hall–Kier alpha value is -3.35. The van der Waals surface area contributed by atoms with Crippen LogP contribution in [-0.2, 0) is 4.74 Å². The summed E-state index contributed by atoms with van der Waals surface area (Å²) in [5, 5.41) is 2.15. The number of nitrogens with one attached hydrogen (secondary N) is 1. The van der Waals surface area contributed by atoms with Crippen molar-refractivity contribution >= 4 is 28.0 Å². The van der Waals surface area contributed by atoms with E-state index in [1.807, 2.05) is 62.5 Å². The lowest BCUT2D eigenvalue weighted by molar-refractivity contribution is 0.0175. The summed E-state index contributed by atoms with van der Waals surface area (Å²) in [6, 6.07) is 10.3. The number of pyridine rings is 2. The zero-order chi connectivity index (χ0) is 21.6. The SMILES string of the molecule is CC(C)(C)OC(=O)N1CCC[C@H](n2c(-c3ccccn3)cc3cnc4[nH]ccc4c32)C1. The van der Waals surface area contributed by atoms with Crippen LogP contribution < -0.4 is 0 Å². The molecule has 1 fully saturated rings. The highest BCUT2D eigenvalue weighted by Crippen LogP contribution is 2.37. The van der Waals surface area contributed by atoms with Gasteiger partial charge in [0.15, 0.2) is 0 Å². The quantitative estimate of drug-likeness (QED) is 0.489. The van der Waals surface area contributed by atoms with Gasteiger partial charge in [-0.3, -0.25) is 4.98 Å². The third-order valence-electron chi connectivity index (χ3n) is 5.72. The second kappa shape index (κ2) is 7.41. The van der Waals surface area contributed by atoms with Gasteiger partial charge in [0.2, 0.25) is 0 Å². The highest BCUT2D eigenvalue weighted by Gasteiger charge is 2.31. The van der Waals surface area contributed by atoms with E-state index in [2.05, 4.69) is 31.7 Å². The number of fused-ring (bicyclic) bond motifs is 3. The monoisotopic (exact) mass is 417 g/mol. The number of carbonyl (C=O) groups excluding carboxylic acids is 1. The second-order valence-electron chi connectivity index (χ2n) is 9.14. The molecule has 31 heavy (non-hydrogen) atoms. The number of hydrogen-bond donors (Lipinski definition) is 1. The van der Waals surface area contributed by atoms with Crippen LogP contribution in [0.5, 0.6) is 0 Å². The van der Waals surface area contributed by atoms with Crippen molar-refractivity contribution in [3.05, 3.63) is 48.9 Å². The third kappa shape index (κ3) is 3.65. The highest BCUT2D eigenvalue weighted by molar-refractivity contribution is 6.04. The summed E-state index contributed by atoms with van der Waals surface area (Å²) < 4.78 is 8.01. The molecule has 0 spiro atoms. The molecule has 1 saturated heterocycles. The minimum atomic E-state index is -0.508. The minimum Gasteiger partial charge on any atom is -0.444 e. The molecule has 160 valence electrons. The Bertz CT molecular complexity index is 1240. The van der Waals surface area contributed by atoms with Crippen LogP contribution in [0.3, 0.4) is 0 Å². The summed E-state index contributed by atoms with van der Waals surface area (Å²) in [7, 11) is 0. The predicted molar refractivity (Wildman–Crippen MR) is 121 cm³/mol. The number of amides is 1. The van der Waals surface area contributed by atoms with E-state index in [0.29, 0.717) is 13.1 Å². The largest absolute Gasteiger partial charge is 0.444 e. The molecule has 1 N–H and O–H groups in total. The zero-order valence-electron chi connectivity index (χ0n) is 18.1. The molecule has 5 rings (SSSR count). The zero-order valence-corrected chi connectivity index (χ0v) is 18.1. The molecule has 0 aliphatic carbocycles. The standard InChI is InChI=1S/C24H27N5O2/c1-24(2,3)31-23(30)28-12-6-7-17(15-28)29-20(19-8-4-5-10-25-19)13-16-14-27-22-18(21(16)29)9-11-26-22/h4-5,8-11,13-14,17H,6-7,12,15H2,1-3H3,(H,26,27)/t17-/m0/s1. The number of rotatable bonds is 2. The van der Waals surface area contributed by atoms with E-state index in [4.69, 9.17) is 4.74 Å². The maximum atomic E-state index is 12.8. The molecule has 1 aliphatic heterocycles. The van der Waals surface area contributed by atoms with Gasteiger partial charge >= 0.3 is 6.09 Å². The van der Waals surface area contributed by atoms with Crippen molar-refractivity contribution < 1.29 is 9.53 Å². The van der Waals surface area contributed by atoms with Crippen molar-refractivity contribution in [2.24, 2.45) is 0 Å². The van der Waals surface area contributed by atoms with Crippen molar-refractivity contribution in [2.75, 3.05) is 13.1 Å². The van der Waals surface area contributed by atoms with Gasteiger partial charge in [0, 0.05) is 42.5 Å². The van der Waals surface area contributed by atoms with Gasteiger partial charge in [0.1, 0.15) is 11.2 Å². The normalized spacial score (nSPS) is 17.4. The first-order valence-electron chi connectivity index (χ1n) is 10.8. The van der Waals surface area contributed by atoms with Crippen molar-refractivity contribution in [3.8, 4) is 11.4 Å². The lowest BCUT2D eigenvalue weighted by atomic mass is 10.0. The second-order valence-corrected chi connectivity index (χ2v) is 9.14. The molecule has 7 heteroatoms. The Kier molecular flexibility index (Phi) is 4.68. The molecule has 0 saturated carbocycles. The van der Waals surface area contributed by atoms with E-state index in [1.54, 1.807) is 0 Å². The van der Waals surface area contributed by atoms with Crippen molar-refractivity contribution in [2.45, 2.75) is 45.3 Å². The average molecular weight is 418 g/mol. The van der Waals surface area contributed by atoms with Gasteiger partial charge in [-0.2, -0.15) is 0 Å². The lowest BCUT2D eigenvalue weighted by Crippen LogP contribution is -2.43. The molecule has 5 heterocycles. The Morgan fingerprint density at radius 1 is 1.23 bits per heavy atom. The van der Waals surface area contributed by atoms with Crippen LogP contribution in [0.25, 0.3) is 33.3 Å². The Balaban J connectivity index is 1.62. The van der Waals surface area contributed by atoms with Crippen LogP contribution in [-0.4, -0.2) is 49.2 Å². The first-order valence-corrected chi connectivity index (χ1v) is 10.8. The Labute approximate surface area is 181 Å². The van der Waals surface area contributed by atoms with E-state index in [1.165, 1.54) is 0 Å². The number of ether oxygens (including phenoxy) is 1. The predicted octanol–water partition coefficient (Wildman–Crippen LogP) is 5.15. The lowest BCUT2D eigenvalue weighted by Gasteiger charge is -2.35. The fourth-order valence-corrected chi connectivity index (χ4v) is 4.47. The number of aromatic nitrogens is 4. The van der Waals surface area contributed by atoms with Crippen LogP contribution in [0.2, 0.25) is 0 Å². The molecule has 4 aromatic heterocycles. The average Bonchev–Trinajstić information content (AvgIpc) is 3.37. The van der Waals surface area contributed by atoms with Gasteiger partial charge in [-0.25, -0.2) is 9.78 Å². The molecule has 7 nitrogen and oxygen atoms in total. The highest BCUT2D eigenvalue weighted by atomic mass is 16.6. The summed E-state index contributed by atoms with van der Waals surface area (Å²) in [4.78, 5) is 27.0. The summed E-state index contributed by atoms with van der Waals surface area (Å²) >= 11 is 0. The number of carbonyl (C=O) groups is 1. The first kappa shape index (κ1) is 19.6. The van der Waals surface area contributed by atoms with Gasteiger partial charge in [0.25, 0.3) is 0 Å². The fourth-order valence-electron chi connectivity index (χ4n) is 4.47. The van der Waals surface area contributed by atoms with Crippen LogP contribution in [0.15, 0.2) is 48.9 Å². The smallest absolute Gasteiger partial charge is 0.410 e. The molecule has 0 radical (unpaired) electrons. The van der Waals surface area contributed by atoms with E-state index in [0.717, 1.165) is 46.2 Å². The molecule has 1 aliphatic rings. The van der Waals surface area contributed by atoms with Crippen LogP contribution in [0.1, 0.15) is 39.7 Å². The van der Waals surface area contributed by atoms with E-state index in [-0.39, 0.29) is 12.1 Å². The molecule has 0 bridgehead atoms. The molecule has 0 aromatic carbocycles. The molecule has 1 amide bonds. The number of H-pyrrole nitrogens is 1. The topological polar surface area (TPSA) is 76.0 Å². The number of piperidine rings is 1. The van der Waals surface area contributed by atoms with Crippen molar-refractivity contribution in [1.29, 1.82) is 0 Å². The van der Waals surface area contributed by atoms with E-state index >= 15 is 0 Å². The summed E-state index contributed by atoms with van der Waals surface area (Å²) in [6.07, 6.45) is 7.30. The van der Waals surface area contributed by atoms with Gasteiger partial charge in [-0.05, 0) is 57.9 Å². The molecular weight excluding hydrogens is 390 g/mol. The van der Waals surface area contributed by atoms with Crippen LogP contribution in [0, 0.1) is 0 Å². The van der Waals surface area contributed by atoms with Crippen molar-refractivity contribution in [3.63, 3.8) is 0 Å². The number of likely N-dealkylation sites (tertiary alicyclic amines) is 1. The molecule has 1 atom stereocenters. The van der Waals surface area contributed by atoms with Crippen LogP contribution >= 0.6 is 0 Å². The number of nitrogens with zero attached hydrogens (tertiary/aromatic N) is 4. The van der Waals surface area contributed by atoms with Gasteiger partial charge < -0.3 is 19.2 Å². The van der Waals surface area contributed by atoms with Crippen LogP contribution in [0.4, 0.5) is 4.79 Å². The van der Waals surface area contributed by atoms with E-state index < -0.39 is 5.60 Å². The van der Waals surface area contributed by atoms with Gasteiger partial charge in [-0.1, -0.05) is 6.07 Å². The Morgan fingerprint density at radius 3 is 2.87 bits per heavy atom. The third-order valence-corrected chi connectivity index (χ3v) is 5.72. The minimum absolute atomic E-state index is 0.122. The first-order chi connectivity index (χ1) is 14.9. The maximum absolute atomic E-state index is 12.8. The summed E-state index contributed by atoms with van der Waals surface area (Å²) in [6.45, 7) is 7.03. The van der Waals surface area contributed by atoms with E-state index in [9.17, 15) is 4.79 Å². The molecule has 4 aromatic rings. The molecular formula is C24H27N5O2. The van der Waals surface area contributed by atoms with Gasteiger partial charge in [0.05, 0.1) is 22.9 Å². The molecule has 0 unspecified atom stereocenters.